The highest BCUT2D eigenvalue weighted by atomic mass is 79.9. The number of nitrogens with zero attached hydrogens (tertiary/aromatic N) is 1. The van der Waals surface area contributed by atoms with Gasteiger partial charge in [0.25, 0.3) is 6.23 Å². The average molecular weight is 490 g/mol. The minimum Gasteiger partial charge on any atom is -1.00 e. The van der Waals surface area contributed by atoms with Crippen LogP contribution in [0.25, 0.3) is 0 Å². The van der Waals surface area contributed by atoms with Gasteiger partial charge < -0.3 is 42.1 Å². The van der Waals surface area contributed by atoms with Crippen molar-refractivity contribution in [2.45, 2.75) is 108 Å². The summed E-state index contributed by atoms with van der Waals surface area (Å²) in [4.78, 5) is 0. The van der Waals surface area contributed by atoms with Gasteiger partial charge in [0.1, 0.15) is 18.3 Å². The maximum atomic E-state index is 10.2. The minimum atomic E-state index is -1.36. The van der Waals surface area contributed by atoms with Gasteiger partial charge in [-0.15, -0.1) is 0 Å². The molecule has 174 valence electrons. The summed E-state index contributed by atoms with van der Waals surface area (Å²) in [5, 5.41) is 39.3. The summed E-state index contributed by atoms with van der Waals surface area (Å²) >= 11 is 0. The Morgan fingerprint density at radius 2 is 1.33 bits per heavy atom. The molecule has 7 heteroatoms. The van der Waals surface area contributed by atoms with E-state index in [4.69, 9.17) is 4.74 Å². The van der Waals surface area contributed by atoms with Crippen molar-refractivity contribution < 1.29 is 46.7 Å². The molecule has 2 heterocycles. The number of hydrogen-bond acceptors (Lipinski definition) is 5. The lowest BCUT2D eigenvalue weighted by Gasteiger charge is -2.36. The van der Waals surface area contributed by atoms with E-state index in [0.29, 0.717) is 0 Å². The fourth-order valence-electron chi connectivity index (χ4n) is 3.95. The lowest BCUT2D eigenvalue weighted by Crippen LogP contribution is -3.00. The van der Waals surface area contributed by atoms with E-state index in [-0.39, 0.29) is 17.0 Å². The van der Waals surface area contributed by atoms with Gasteiger partial charge in [-0.25, -0.2) is 0 Å². The molecule has 1 saturated heterocycles. The molecule has 1 aromatic heterocycles. The van der Waals surface area contributed by atoms with E-state index in [1.807, 2.05) is 24.5 Å². The van der Waals surface area contributed by atoms with Crippen LogP contribution in [0.3, 0.4) is 0 Å². The molecular formula is C23H40BrNO5. The molecule has 6 nitrogen and oxygen atoms in total. The fourth-order valence-corrected chi connectivity index (χ4v) is 3.95. The van der Waals surface area contributed by atoms with Crippen LogP contribution in [-0.4, -0.2) is 51.4 Å². The molecule has 0 radical (unpaired) electrons. The molecule has 1 fully saturated rings. The molecule has 0 spiro atoms. The number of aliphatic hydroxyl groups is 4. The summed E-state index contributed by atoms with van der Waals surface area (Å²) in [6.45, 7) is 1.83. The Kier molecular flexibility index (Phi) is 14.0. The minimum absolute atomic E-state index is 0. The average Bonchev–Trinajstić information content (AvgIpc) is 2.74. The van der Waals surface area contributed by atoms with Gasteiger partial charge in [0.2, 0.25) is 0 Å². The summed E-state index contributed by atoms with van der Waals surface area (Å²) in [7, 11) is 0. The van der Waals surface area contributed by atoms with Crippen LogP contribution in [0.4, 0.5) is 0 Å². The molecule has 0 aromatic carbocycles. The van der Waals surface area contributed by atoms with Crippen molar-refractivity contribution in [3.05, 3.63) is 30.1 Å². The number of aliphatic hydroxyl groups excluding tert-OH is 4. The van der Waals surface area contributed by atoms with Crippen LogP contribution < -0.4 is 21.5 Å². The number of rotatable bonds is 13. The van der Waals surface area contributed by atoms with E-state index < -0.39 is 37.3 Å². The first-order valence-electron chi connectivity index (χ1n) is 11.4. The van der Waals surface area contributed by atoms with Gasteiger partial charge in [-0.3, -0.25) is 0 Å². The van der Waals surface area contributed by atoms with E-state index in [0.717, 1.165) is 6.42 Å². The molecule has 1 aromatic rings. The molecule has 30 heavy (non-hydrogen) atoms. The summed E-state index contributed by atoms with van der Waals surface area (Å²) in [6, 6.07) is 3.99. The van der Waals surface area contributed by atoms with Crippen molar-refractivity contribution in [2.24, 2.45) is 0 Å². The zero-order chi connectivity index (χ0) is 21.1. The molecule has 0 amide bonds. The number of pyridine rings is 1. The zero-order valence-electron chi connectivity index (χ0n) is 18.2. The van der Waals surface area contributed by atoms with Crippen LogP contribution in [0.5, 0.6) is 0 Å². The number of aryl methyl sites for hydroxylation is 1. The molecule has 0 unspecified atom stereocenters. The van der Waals surface area contributed by atoms with Gasteiger partial charge in [-0.2, -0.15) is 4.57 Å². The number of aromatic nitrogens is 1. The predicted octanol–water partition coefficient (Wildman–Crippen LogP) is -0.586. The van der Waals surface area contributed by atoms with Gasteiger partial charge in [0.15, 0.2) is 18.5 Å². The van der Waals surface area contributed by atoms with Gasteiger partial charge in [-0.05, 0) is 18.4 Å². The maximum absolute atomic E-state index is 10.2. The van der Waals surface area contributed by atoms with E-state index in [2.05, 4.69) is 6.92 Å². The van der Waals surface area contributed by atoms with Crippen molar-refractivity contribution in [3.63, 3.8) is 0 Å². The first kappa shape index (κ1) is 27.5. The first-order chi connectivity index (χ1) is 14.1. The van der Waals surface area contributed by atoms with E-state index in [1.54, 1.807) is 4.57 Å². The Morgan fingerprint density at radius 3 is 1.87 bits per heavy atom. The number of halogens is 1. The Morgan fingerprint density at radius 1 is 0.800 bits per heavy atom. The predicted molar refractivity (Wildman–Crippen MR) is 111 cm³/mol. The first-order valence-corrected chi connectivity index (χ1v) is 11.4. The van der Waals surface area contributed by atoms with E-state index in [1.165, 1.54) is 69.8 Å². The monoisotopic (exact) mass is 489 g/mol. The Bertz CT molecular complexity index is 557. The summed E-state index contributed by atoms with van der Waals surface area (Å²) in [5.74, 6) is 0. The standard InChI is InChI=1S/C23H40NO5.BrH/c1-2-3-4-5-6-7-8-9-10-11-12-18-13-15-24(16-14-18)23-22(28)21(27)20(26)19(17-25)29-23;/h13-16,19-23,25-28H,2-12,17H2,1H3;1H/q+1;/p-1/t19-,20-,21+,22-,23-;/m1./s1. The van der Waals surface area contributed by atoms with Gasteiger partial charge in [0.05, 0.1) is 6.61 Å². The van der Waals surface area contributed by atoms with Crippen molar-refractivity contribution in [1.29, 1.82) is 0 Å². The lowest BCUT2D eigenvalue weighted by atomic mass is 9.98. The molecule has 1 aliphatic heterocycles. The SMILES string of the molecule is CCCCCCCCCCCCc1cc[n+]([C@@H]2O[C@H](CO)[C@@H](O)[C@H](O)[C@H]2O)cc1.[Br-]. The highest BCUT2D eigenvalue weighted by Gasteiger charge is 2.47. The molecule has 1 aliphatic rings. The highest BCUT2D eigenvalue weighted by molar-refractivity contribution is 5.07. The second kappa shape index (κ2) is 15.3. The molecule has 0 saturated carbocycles. The van der Waals surface area contributed by atoms with Crippen LogP contribution >= 0.6 is 0 Å². The zero-order valence-corrected chi connectivity index (χ0v) is 19.8. The summed E-state index contributed by atoms with van der Waals surface area (Å²) < 4.78 is 7.25. The molecule has 4 N–H and O–H groups in total. The number of ether oxygens (including phenoxy) is 1. The van der Waals surface area contributed by atoms with Gasteiger partial charge >= 0.3 is 0 Å². The quantitative estimate of drug-likeness (QED) is 0.219. The van der Waals surface area contributed by atoms with Crippen LogP contribution in [0, 0.1) is 0 Å². The third-order valence-electron chi connectivity index (χ3n) is 5.90. The highest BCUT2D eigenvalue weighted by Crippen LogP contribution is 2.24. The normalized spacial score (nSPS) is 26.4. The molecule has 0 aliphatic carbocycles. The Hall–Kier alpha value is -0.570. The van der Waals surface area contributed by atoms with Crippen LogP contribution in [0.1, 0.15) is 82.9 Å². The molecule has 2 rings (SSSR count). The third-order valence-corrected chi connectivity index (χ3v) is 5.90. The molecular weight excluding hydrogens is 450 g/mol. The maximum Gasteiger partial charge on any atom is 0.292 e. The second-order valence-electron chi connectivity index (χ2n) is 8.31. The summed E-state index contributed by atoms with van der Waals surface area (Å²) in [6.07, 6.45) is 12.2. The van der Waals surface area contributed by atoms with Crippen LogP contribution in [0.15, 0.2) is 24.5 Å². The van der Waals surface area contributed by atoms with Crippen LogP contribution in [-0.2, 0) is 11.2 Å². The van der Waals surface area contributed by atoms with Gasteiger partial charge in [0, 0.05) is 12.1 Å². The fraction of sp³-hybridized carbons (Fsp3) is 0.783. The van der Waals surface area contributed by atoms with Crippen molar-refractivity contribution >= 4 is 0 Å². The van der Waals surface area contributed by atoms with E-state index >= 15 is 0 Å². The lowest BCUT2D eigenvalue weighted by molar-refractivity contribution is -0.778. The van der Waals surface area contributed by atoms with Crippen molar-refractivity contribution in [1.82, 2.24) is 0 Å². The number of unbranched alkanes of at least 4 members (excludes halogenated alkanes) is 9. The third kappa shape index (κ3) is 8.52. The number of hydrogen-bond donors (Lipinski definition) is 4. The second-order valence-corrected chi connectivity index (χ2v) is 8.31. The van der Waals surface area contributed by atoms with Crippen LogP contribution in [0.2, 0.25) is 0 Å². The molecule has 5 atom stereocenters. The van der Waals surface area contributed by atoms with E-state index in [9.17, 15) is 20.4 Å². The Labute approximate surface area is 191 Å². The topological polar surface area (TPSA) is 94.0 Å². The summed E-state index contributed by atoms with van der Waals surface area (Å²) in [5.41, 5.74) is 1.23. The van der Waals surface area contributed by atoms with Gasteiger partial charge in [-0.1, -0.05) is 64.7 Å². The smallest absolute Gasteiger partial charge is 0.292 e. The molecule has 0 bridgehead atoms. The van der Waals surface area contributed by atoms with Crippen molar-refractivity contribution in [3.8, 4) is 0 Å². The Balaban J connectivity index is 0.00000450. The largest absolute Gasteiger partial charge is 1.00 e. The van der Waals surface area contributed by atoms with Crippen molar-refractivity contribution in [2.75, 3.05) is 6.61 Å².